The van der Waals surface area contributed by atoms with Crippen LogP contribution in [0.1, 0.15) is 23.6 Å². The summed E-state index contributed by atoms with van der Waals surface area (Å²) in [5.74, 6) is 0.799. The number of amidine groups is 1. The van der Waals surface area contributed by atoms with Gasteiger partial charge >= 0.3 is 0 Å². The second kappa shape index (κ2) is 5.49. The zero-order valence-corrected chi connectivity index (χ0v) is 11.9. The van der Waals surface area contributed by atoms with Gasteiger partial charge in [0.25, 0.3) is 0 Å². The molecule has 94 valence electrons. The highest BCUT2D eigenvalue weighted by molar-refractivity contribution is 9.18. The summed E-state index contributed by atoms with van der Waals surface area (Å²) in [5, 5.41) is 0. The lowest BCUT2D eigenvalue weighted by molar-refractivity contribution is 0.760. The molecule has 0 amide bonds. The summed E-state index contributed by atoms with van der Waals surface area (Å²) < 4.78 is 0.954. The summed E-state index contributed by atoms with van der Waals surface area (Å²) in [6, 6.07) is 20.6. The van der Waals surface area contributed by atoms with Crippen LogP contribution in [0.4, 0.5) is 0 Å². The number of hydrogen-bond donors (Lipinski definition) is 0. The zero-order valence-electron chi connectivity index (χ0n) is 10.3. The molecule has 0 N–H and O–H groups in total. The van der Waals surface area contributed by atoms with Gasteiger partial charge in [-0.25, -0.2) is 4.99 Å². The van der Waals surface area contributed by atoms with Crippen LogP contribution in [-0.4, -0.2) is 10.5 Å². The predicted molar refractivity (Wildman–Crippen MR) is 83.1 cm³/mol. The molecule has 2 aromatic rings. The lowest BCUT2D eigenvalue weighted by Gasteiger charge is -2.18. The third-order valence-corrected chi connectivity index (χ3v) is 3.58. The Bertz CT molecular complexity index is 618. The Hall–Kier alpha value is -1.74. The molecule has 1 aliphatic rings. The van der Waals surface area contributed by atoms with Crippen LogP contribution in [0, 0.1) is 0 Å². The van der Waals surface area contributed by atoms with Gasteiger partial charge in [0.1, 0.15) is 0 Å². The largest absolute Gasteiger partial charge is 0.258 e. The minimum Gasteiger partial charge on any atom is -0.258 e. The SMILES string of the molecule is BrC1=NC(c2ccccc2)=NC(c2ccccc2)C1. The first-order valence-corrected chi connectivity index (χ1v) is 7.03. The fourth-order valence-corrected chi connectivity index (χ4v) is 2.61. The van der Waals surface area contributed by atoms with E-state index in [0.29, 0.717) is 0 Å². The highest BCUT2D eigenvalue weighted by Gasteiger charge is 2.18. The molecule has 0 aliphatic carbocycles. The molecule has 0 saturated carbocycles. The van der Waals surface area contributed by atoms with Gasteiger partial charge in [0, 0.05) is 12.0 Å². The van der Waals surface area contributed by atoms with Gasteiger partial charge < -0.3 is 0 Å². The van der Waals surface area contributed by atoms with Crippen molar-refractivity contribution in [1.82, 2.24) is 0 Å². The van der Waals surface area contributed by atoms with Crippen LogP contribution in [-0.2, 0) is 0 Å². The molecule has 0 bridgehead atoms. The Kier molecular flexibility index (Phi) is 3.56. The van der Waals surface area contributed by atoms with Crippen molar-refractivity contribution in [2.24, 2.45) is 9.98 Å². The van der Waals surface area contributed by atoms with Crippen molar-refractivity contribution in [3.05, 3.63) is 71.8 Å². The van der Waals surface area contributed by atoms with Crippen LogP contribution >= 0.6 is 15.9 Å². The van der Waals surface area contributed by atoms with Gasteiger partial charge in [0.15, 0.2) is 5.84 Å². The molecular formula is C16H13BrN2. The summed E-state index contributed by atoms with van der Waals surface area (Å²) >= 11 is 3.53. The topological polar surface area (TPSA) is 24.7 Å². The highest BCUT2D eigenvalue weighted by atomic mass is 79.9. The minimum atomic E-state index is 0.142. The Morgan fingerprint density at radius 2 is 1.53 bits per heavy atom. The van der Waals surface area contributed by atoms with Gasteiger partial charge in [-0.05, 0) is 21.5 Å². The number of nitrogens with zero attached hydrogens (tertiary/aromatic N) is 2. The third-order valence-electron chi connectivity index (χ3n) is 3.08. The van der Waals surface area contributed by atoms with E-state index in [4.69, 9.17) is 4.99 Å². The number of hydrogen-bond acceptors (Lipinski definition) is 2. The smallest absolute Gasteiger partial charge is 0.156 e. The number of rotatable bonds is 2. The van der Waals surface area contributed by atoms with Gasteiger partial charge in [-0.2, -0.15) is 0 Å². The maximum absolute atomic E-state index is 4.77. The maximum Gasteiger partial charge on any atom is 0.156 e. The maximum atomic E-state index is 4.77. The van der Waals surface area contributed by atoms with Gasteiger partial charge in [-0.15, -0.1) is 0 Å². The normalized spacial score (nSPS) is 18.7. The minimum absolute atomic E-state index is 0.142. The van der Waals surface area contributed by atoms with Crippen LogP contribution in [0.2, 0.25) is 0 Å². The molecule has 1 aliphatic heterocycles. The monoisotopic (exact) mass is 312 g/mol. The molecule has 19 heavy (non-hydrogen) atoms. The Labute approximate surface area is 121 Å². The third kappa shape index (κ3) is 2.82. The van der Waals surface area contributed by atoms with E-state index in [1.165, 1.54) is 5.56 Å². The van der Waals surface area contributed by atoms with Crippen LogP contribution in [0.25, 0.3) is 0 Å². The lowest BCUT2D eigenvalue weighted by Crippen LogP contribution is -2.12. The summed E-state index contributed by atoms with van der Waals surface area (Å²) in [5.41, 5.74) is 2.28. The molecule has 0 radical (unpaired) electrons. The molecule has 1 heterocycles. The van der Waals surface area contributed by atoms with E-state index in [1.54, 1.807) is 0 Å². The van der Waals surface area contributed by atoms with Crippen molar-refractivity contribution in [2.45, 2.75) is 12.5 Å². The molecule has 0 saturated heterocycles. The molecule has 0 spiro atoms. The van der Waals surface area contributed by atoms with Crippen molar-refractivity contribution in [1.29, 1.82) is 0 Å². The van der Waals surface area contributed by atoms with Crippen LogP contribution < -0.4 is 0 Å². The van der Waals surface area contributed by atoms with Gasteiger partial charge in [0.05, 0.1) is 10.7 Å². The lowest BCUT2D eigenvalue weighted by atomic mass is 10.0. The quantitative estimate of drug-likeness (QED) is 0.786. The van der Waals surface area contributed by atoms with E-state index in [9.17, 15) is 0 Å². The van der Waals surface area contributed by atoms with E-state index in [1.807, 2.05) is 48.5 Å². The average molecular weight is 313 g/mol. The van der Waals surface area contributed by atoms with E-state index in [0.717, 1.165) is 22.4 Å². The number of halogens is 1. The van der Waals surface area contributed by atoms with Crippen molar-refractivity contribution in [3.63, 3.8) is 0 Å². The molecule has 0 fully saturated rings. The van der Waals surface area contributed by atoms with E-state index >= 15 is 0 Å². The Balaban J connectivity index is 1.98. The molecular weight excluding hydrogens is 300 g/mol. The second-order valence-corrected chi connectivity index (χ2v) is 5.35. The number of aliphatic imine (C=N–C) groups is 2. The van der Waals surface area contributed by atoms with Crippen LogP contribution in [0.15, 0.2) is 70.6 Å². The number of benzene rings is 2. The summed E-state index contributed by atoms with van der Waals surface area (Å²) in [6.45, 7) is 0. The Morgan fingerprint density at radius 3 is 2.21 bits per heavy atom. The molecule has 1 atom stereocenters. The van der Waals surface area contributed by atoms with Crippen molar-refractivity contribution in [3.8, 4) is 0 Å². The van der Waals surface area contributed by atoms with Crippen LogP contribution in [0.3, 0.4) is 0 Å². The van der Waals surface area contributed by atoms with Gasteiger partial charge in [0.2, 0.25) is 0 Å². The van der Waals surface area contributed by atoms with E-state index in [-0.39, 0.29) is 6.04 Å². The van der Waals surface area contributed by atoms with Crippen molar-refractivity contribution < 1.29 is 0 Å². The zero-order chi connectivity index (χ0) is 13.1. The van der Waals surface area contributed by atoms with Crippen molar-refractivity contribution >= 4 is 26.4 Å². The summed E-state index contributed by atoms with van der Waals surface area (Å²) in [7, 11) is 0. The fourth-order valence-electron chi connectivity index (χ4n) is 2.14. The van der Waals surface area contributed by atoms with Crippen molar-refractivity contribution in [2.75, 3.05) is 0 Å². The molecule has 2 nitrogen and oxygen atoms in total. The first-order chi connectivity index (χ1) is 9.33. The fraction of sp³-hybridized carbons (Fsp3) is 0.125. The van der Waals surface area contributed by atoms with E-state index < -0.39 is 0 Å². The molecule has 3 rings (SSSR count). The first-order valence-electron chi connectivity index (χ1n) is 6.24. The molecule has 0 aromatic heterocycles. The highest BCUT2D eigenvalue weighted by Crippen LogP contribution is 2.28. The molecule has 2 aromatic carbocycles. The second-order valence-electron chi connectivity index (χ2n) is 4.44. The first kappa shape index (κ1) is 12.3. The average Bonchev–Trinajstić information content (AvgIpc) is 2.48. The van der Waals surface area contributed by atoms with Crippen LogP contribution in [0.5, 0.6) is 0 Å². The van der Waals surface area contributed by atoms with Gasteiger partial charge in [-0.1, -0.05) is 60.7 Å². The molecule has 3 heteroatoms. The summed E-state index contributed by atoms with van der Waals surface area (Å²) in [4.78, 5) is 9.28. The van der Waals surface area contributed by atoms with E-state index in [2.05, 4.69) is 33.1 Å². The molecule has 1 unspecified atom stereocenters. The Morgan fingerprint density at radius 1 is 0.895 bits per heavy atom. The summed E-state index contributed by atoms with van der Waals surface area (Å²) in [6.07, 6.45) is 0.820. The van der Waals surface area contributed by atoms with Gasteiger partial charge in [-0.3, -0.25) is 4.99 Å². The standard InChI is InChI=1S/C16H13BrN2/c17-15-11-14(12-7-3-1-4-8-12)18-16(19-15)13-9-5-2-6-10-13/h1-10,14H,11H2. The predicted octanol–water partition coefficient (Wildman–Crippen LogP) is 4.37.